The van der Waals surface area contributed by atoms with Crippen LogP contribution in [-0.2, 0) is 20.1 Å². The SMILES string of the molecule is CC(C)c1cccc(C(C)C)c1-n1c(-c2[c-]cccc2)nc2ccccc21.[2H]C([2H])([2H])c1ccc2c(c1)oc1c(-c3cc(-c4ccc(-c5oc6ccccc6c5C([2H])([2H])[2H])cc4C([2H])([2H])[2H])c(C([2H])([2H])[2H])cn3)[c-]ccc12.[Ir]. The van der Waals surface area contributed by atoms with E-state index >= 15 is 0 Å². The summed E-state index contributed by atoms with van der Waals surface area (Å²) in [4.78, 5) is 9.43. The summed E-state index contributed by atoms with van der Waals surface area (Å²) in [5.41, 5.74) is 8.66. The topological polar surface area (TPSA) is 57.0 Å². The normalized spacial score (nSPS) is 14.9. The maximum Gasteiger partial charge on any atom is 0.138 e. The fourth-order valence-corrected chi connectivity index (χ4v) is 8.65. The van der Waals surface area contributed by atoms with Crippen LogP contribution in [0.2, 0.25) is 0 Å². The van der Waals surface area contributed by atoms with Crippen LogP contribution in [0, 0.1) is 39.5 Å². The molecule has 0 unspecified atom stereocenters. The van der Waals surface area contributed by atoms with Crippen molar-refractivity contribution in [2.45, 2.75) is 66.9 Å². The summed E-state index contributed by atoms with van der Waals surface area (Å²) >= 11 is 0. The molecule has 0 aliphatic heterocycles. The third-order valence-corrected chi connectivity index (χ3v) is 11.8. The molecule has 0 aliphatic rings. The van der Waals surface area contributed by atoms with E-state index in [1.54, 1.807) is 42.5 Å². The van der Waals surface area contributed by atoms with Gasteiger partial charge in [-0.05, 0) is 114 Å². The van der Waals surface area contributed by atoms with Crippen LogP contribution in [0.4, 0.5) is 0 Å². The van der Waals surface area contributed by atoms with Gasteiger partial charge in [0.2, 0.25) is 0 Å². The van der Waals surface area contributed by atoms with Crippen LogP contribution in [-0.4, -0.2) is 14.5 Å². The molecule has 0 saturated carbocycles. The minimum absolute atomic E-state index is 0. The van der Waals surface area contributed by atoms with Crippen molar-refractivity contribution in [2.24, 2.45) is 0 Å². The Morgan fingerprint density at radius 3 is 2.20 bits per heavy atom. The first-order valence-electron chi connectivity index (χ1n) is 27.5. The molecular weight excluding hydrogens is 987 g/mol. The third kappa shape index (κ3) is 7.99. The van der Waals surface area contributed by atoms with Crippen LogP contribution in [0.3, 0.4) is 0 Å². The molecule has 11 rings (SSSR count). The number of pyridine rings is 1. The molecular formula is C60H51IrN3O2-2. The van der Waals surface area contributed by atoms with E-state index in [1.807, 2.05) is 18.2 Å². The largest absolute Gasteiger partial charge is 0.501 e. The number of fused-ring (bicyclic) bond motifs is 5. The Bertz CT molecular complexity index is 3990. The summed E-state index contributed by atoms with van der Waals surface area (Å²) in [6.07, 6.45) is 1.17. The molecule has 0 aliphatic carbocycles. The number of nitrogens with zero attached hydrogens (tertiary/aromatic N) is 3. The van der Waals surface area contributed by atoms with Crippen LogP contribution >= 0.6 is 0 Å². The zero-order valence-electron chi connectivity index (χ0n) is 48.6. The molecule has 0 N–H and O–H groups in total. The van der Waals surface area contributed by atoms with E-state index in [-0.39, 0.29) is 70.5 Å². The molecule has 4 heterocycles. The van der Waals surface area contributed by atoms with Gasteiger partial charge in [-0.15, -0.1) is 54.1 Å². The molecule has 0 fully saturated rings. The second-order valence-electron chi connectivity index (χ2n) is 16.7. The second-order valence-corrected chi connectivity index (χ2v) is 16.7. The van der Waals surface area contributed by atoms with Crippen molar-refractivity contribution in [3.05, 3.63) is 197 Å². The van der Waals surface area contributed by atoms with Gasteiger partial charge < -0.3 is 18.4 Å². The Balaban J connectivity index is 0.000000223. The number of para-hydroxylation sites is 4. The van der Waals surface area contributed by atoms with E-state index in [2.05, 4.69) is 97.9 Å². The molecule has 329 valence electrons. The zero-order valence-corrected chi connectivity index (χ0v) is 39.0. The average molecular weight is 1050 g/mol. The first kappa shape index (κ1) is 31.9. The van der Waals surface area contributed by atoms with Crippen molar-refractivity contribution < 1.29 is 45.4 Å². The molecule has 6 heteroatoms. The van der Waals surface area contributed by atoms with Gasteiger partial charge in [0, 0.05) is 70.3 Å². The van der Waals surface area contributed by atoms with E-state index in [4.69, 9.17) is 30.3 Å². The number of aryl methyl sites for hydroxylation is 4. The monoisotopic (exact) mass is 1050 g/mol. The Morgan fingerprint density at radius 1 is 0.621 bits per heavy atom. The Kier molecular flexibility index (Phi) is 8.80. The fourth-order valence-electron chi connectivity index (χ4n) is 8.65. The van der Waals surface area contributed by atoms with Gasteiger partial charge in [0.25, 0.3) is 0 Å². The summed E-state index contributed by atoms with van der Waals surface area (Å²) in [6.45, 7) is -1.35. The number of rotatable bonds is 7. The average Bonchev–Trinajstić information content (AvgIpc) is 4.14. The molecule has 0 bridgehead atoms. The molecule has 5 nitrogen and oxygen atoms in total. The molecule has 66 heavy (non-hydrogen) atoms. The van der Waals surface area contributed by atoms with E-state index in [0.717, 1.165) is 22.4 Å². The van der Waals surface area contributed by atoms with Gasteiger partial charge in [-0.25, -0.2) is 0 Å². The Morgan fingerprint density at radius 2 is 1.42 bits per heavy atom. The van der Waals surface area contributed by atoms with Gasteiger partial charge in [-0.2, -0.15) is 0 Å². The minimum atomic E-state index is -2.77. The van der Waals surface area contributed by atoms with Crippen molar-refractivity contribution in [3.8, 4) is 50.8 Å². The van der Waals surface area contributed by atoms with Crippen LogP contribution in [0.15, 0.2) is 161 Å². The number of hydrogen-bond donors (Lipinski definition) is 0. The standard InChI is InChI=1S/C35H26NO2.C25H25N2.Ir/c1-20-12-14-27-28-9-7-10-29(35(28)38-33(27)16-20)31-18-30(22(3)19-36-31)25-15-13-24(17-21(25)2)34-23(4)26-8-5-6-11-32(26)37-34;1-17(2)20-13-10-14-21(18(3)4)24(20)27-23-16-9-8-15-22(23)26-25(27)19-11-6-5-7-12-19;/h5-9,11-19H,1-4H3;5-11,13-18H,1-4H3;/q2*-1;/i1D3,2D3,3D3,4D3;;. The van der Waals surface area contributed by atoms with E-state index in [9.17, 15) is 0 Å². The first-order chi connectivity index (χ1) is 36.4. The second kappa shape index (κ2) is 18.2. The predicted molar refractivity (Wildman–Crippen MR) is 269 cm³/mol. The van der Waals surface area contributed by atoms with Crippen LogP contribution in [0.1, 0.15) is 89.4 Å². The van der Waals surface area contributed by atoms with Gasteiger partial charge in [0.1, 0.15) is 16.9 Å². The van der Waals surface area contributed by atoms with Crippen molar-refractivity contribution >= 4 is 43.9 Å². The molecule has 0 spiro atoms. The van der Waals surface area contributed by atoms with E-state index in [1.165, 1.54) is 59.4 Å². The summed E-state index contributed by atoms with van der Waals surface area (Å²) in [6, 6.07) is 50.0. The maximum atomic E-state index is 8.46. The number of furan rings is 2. The van der Waals surface area contributed by atoms with Gasteiger partial charge in [0.05, 0.1) is 22.4 Å². The molecule has 1 radical (unpaired) electrons. The third-order valence-electron chi connectivity index (χ3n) is 11.8. The van der Waals surface area contributed by atoms with Crippen LogP contribution in [0.5, 0.6) is 0 Å². The van der Waals surface area contributed by atoms with Gasteiger partial charge >= 0.3 is 0 Å². The minimum Gasteiger partial charge on any atom is -0.501 e. The summed E-state index contributed by atoms with van der Waals surface area (Å²) in [5, 5.41) is 1.68. The zero-order chi connectivity index (χ0) is 54.9. The molecule has 0 amide bonds. The van der Waals surface area contributed by atoms with Crippen molar-refractivity contribution in [2.75, 3.05) is 0 Å². The Hall–Kier alpha value is -6.85. The van der Waals surface area contributed by atoms with Crippen molar-refractivity contribution in [1.29, 1.82) is 0 Å². The maximum absolute atomic E-state index is 8.46. The molecule has 11 aromatic rings. The molecule has 0 saturated heterocycles. The van der Waals surface area contributed by atoms with Crippen LogP contribution < -0.4 is 0 Å². The number of aromatic nitrogens is 3. The predicted octanol–water partition coefficient (Wildman–Crippen LogP) is 16.5. The summed E-state index contributed by atoms with van der Waals surface area (Å²) in [7, 11) is 0. The van der Waals surface area contributed by atoms with Crippen molar-refractivity contribution in [1.82, 2.24) is 14.5 Å². The Labute approximate surface area is 417 Å². The quantitative estimate of drug-likeness (QED) is 0.149. The molecule has 7 aromatic carbocycles. The first-order valence-corrected chi connectivity index (χ1v) is 21.5. The van der Waals surface area contributed by atoms with Gasteiger partial charge in [-0.3, -0.25) is 4.98 Å². The molecule has 4 aromatic heterocycles. The van der Waals surface area contributed by atoms with E-state index < -0.39 is 27.4 Å². The fraction of sp³-hybridized carbons (Fsp3) is 0.167. The molecule has 0 atom stereocenters. The summed E-state index contributed by atoms with van der Waals surface area (Å²) in [5.74, 6) is 1.79. The van der Waals surface area contributed by atoms with Crippen LogP contribution in [0.25, 0.3) is 94.7 Å². The van der Waals surface area contributed by atoms with Crippen molar-refractivity contribution in [3.63, 3.8) is 0 Å². The van der Waals surface area contributed by atoms with E-state index in [0.29, 0.717) is 50.3 Å². The smallest absolute Gasteiger partial charge is 0.138 e. The number of benzene rings is 7. The summed E-state index contributed by atoms with van der Waals surface area (Å²) < 4.78 is 113. The van der Waals surface area contributed by atoms with Gasteiger partial charge in [-0.1, -0.05) is 118 Å². The number of hydrogen-bond acceptors (Lipinski definition) is 4. The van der Waals surface area contributed by atoms with Gasteiger partial charge in [0.15, 0.2) is 0 Å². The number of imidazole rings is 1.